The number of hydrogen-bond acceptors (Lipinski definition) is 6. The minimum Gasteiger partial charge on any atom is -0.756 e. The standard InChI is InChI=1S/C37H75N2O6P/c1-6-8-10-12-14-15-16-17-18-19-20-21-22-23-24-25-26-28-30-36(40)35(38-37(41)31-29-27-13-11-9-7-2)34-45-46(42,43)44-33-32-39(3,4)5/h28,30,35-36,40H,6-27,29,31-34H2,1-5H3,(H-,38,41,42,43)/b30-28+. The first kappa shape index (κ1) is 45.2. The first-order chi connectivity index (χ1) is 22.0. The number of phosphoric ester groups is 1. The van der Waals surface area contributed by atoms with Crippen LogP contribution in [-0.4, -0.2) is 68.5 Å². The molecular formula is C37H75N2O6P. The van der Waals surface area contributed by atoms with Crippen molar-refractivity contribution in [1.82, 2.24) is 5.32 Å². The number of nitrogens with zero attached hydrogens (tertiary/aromatic N) is 1. The molecule has 0 spiro atoms. The summed E-state index contributed by atoms with van der Waals surface area (Å²) in [6.07, 6.45) is 31.4. The number of amides is 1. The largest absolute Gasteiger partial charge is 0.756 e. The predicted octanol–water partition coefficient (Wildman–Crippen LogP) is 9.00. The Balaban J connectivity index is 4.36. The van der Waals surface area contributed by atoms with Crippen LogP contribution in [0.25, 0.3) is 0 Å². The van der Waals surface area contributed by atoms with E-state index in [0.717, 1.165) is 38.5 Å². The van der Waals surface area contributed by atoms with E-state index in [-0.39, 0.29) is 19.1 Å². The molecule has 1 amide bonds. The van der Waals surface area contributed by atoms with E-state index < -0.39 is 20.0 Å². The fourth-order valence-electron chi connectivity index (χ4n) is 5.39. The van der Waals surface area contributed by atoms with Gasteiger partial charge in [-0.05, 0) is 19.3 Å². The van der Waals surface area contributed by atoms with Crippen molar-refractivity contribution < 1.29 is 32.9 Å². The van der Waals surface area contributed by atoms with E-state index in [1.54, 1.807) is 6.08 Å². The molecule has 0 aliphatic heterocycles. The van der Waals surface area contributed by atoms with Crippen LogP contribution in [0.1, 0.15) is 168 Å². The van der Waals surface area contributed by atoms with Crippen molar-refractivity contribution in [2.24, 2.45) is 0 Å². The summed E-state index contributed by atoms with van der Waals surface area (Å²) in [7, 11) is 1.26. The Morgan fingerprint density at radius 1 is 0.739 bits per heavy atom. The summed E-state index contributed by atoms with van der Waals surface area (Å²) >= 11 is 0. The minimum atomic E-state index is -4.57. The van der Waals surface area contributed by atoms with Crippen molar-refractivity contribution in [3.63, 3.8) is 0 Å². The number of nitrogens with one attached hydrogen (secondary N) is 1. The summed E-state index contributed by atoms with van der Waals surface area (Å²) in [5, 5.41) is 13.6. The lowest BCUT2D eigenvalue weighted by atomic mass is 10.0. The van der Waals surface area contributed by atoms with Gasteiger partial charge in [0.05, 0.1) is 39.9 Å². The molecule has 8 nitrogen and oxygen atoms in total. The van der Waals surface area contributed by atoms with Gasteiger partial charge in [-0.25, -0.2) is 0 Å². The molecule has 3 unspecified atom stereocenters. The number of aliphatic hydroxyl groups excluding tert-OH is 1. The van der Waals surface area contributed by atoms with Crippen LogP contribution >= 0.6 is 7.82 Å². The van der Waals surface area contributed by atoms with Crippen LogP contribution in [0.5, 0.6) is 0 Å². The van der Waals surface area contributed by atoms with Gasteiger partial charge in [-0.15, -0.1) is 0 Å². The molecule has 0 aliphatic carbocycles. The van der Waals surface area contributed by atoms with Crippen molar-refractivity contribution in [1.29, 1.82) is 0 Å². The molecule has 3 atom stereocenters. The average molecular weight is 675 g/mol. The fourth-order valence-corrected chi connectivity index (χ4v) is 6.11. The van der Waals surface area contributed by atoms with Crippen molar-refractivity contribution in [3.05, 3.63) is 12.2 Å². The first-order valence-electron chi connectivity index (χ1n) is 19.1. The second-order valence-electron chi connectivity index (χ2n) is 14.3. The van der Waals surface area contributed by atoms with Gasteiger partial charge in [0.25, 0.3) is 7.82 Å². The number of phosphoric acid groups is 1. The van der Waals surface area contributed by atoms with Crippen LogP contribution in [0.15, 0.2) is 12.2 Å². The Morgan fingerprint density at radius 3 is 1.63 bits per heavy atom. The Kier molecular flexibility index (Phi) is 29.8. The van der Waals surface area contributed by atoms with Crippen molar-refractivity contribution in [2.75, 3.05) is 40.9 Å². The molecule has 0 bridgehead atoms. The third-order valence-corrected chi connectivity index (χ3v) is 9.46. The maximum absolute atomic E-state index is 12.6. The molecular weight excluding hydrogens is 599 g/mol. The lowest BCUT2D eigenvalue weighted by Gasteiger charge is -2.29. The molecule has 0 fully saturated rings. The summed E-state index contributed by atoms with van der Waals surface area (Å²) in [5.74, 6) is -0.207. The molecule has 0 aromatic heterocycles. The molecule has 274 valence electrons. The predicted molar refractivity (Wildman–Crippen MR) is 192 cm³/mol. The van der Waals surface area contributed by atoms with Gasteiger partial charge >= 0.3 is 0 Å². The topological polar surface area (TPSA) is 108 Å². The molecule has 9 heteroatoms. The zero-order valence-corrected chi connectivity index (χ0v) is 31.7. The Morgan fingerprint density at radius 2 is 1.17 bits per heavy atom. The number of aliphatic hydroxyl groups is 1. The smallest absolute Gasteiger partial charge is 0.268 e. The molecule has 2 N–H and O–H groups in total. The second-order valence-corrected chi connectivity index (χ2v) is 15.7. The summed E-state index contributed by atoms with van der Waals surface area (Å²) in [4.78, 5) is 24.9. The van der Waals surface area contributed by atoms with E-state index in [4.69, 9.17) is 9.05 Å². The lowest BCUT2D eigenvalue weighted by Crippen LogP contribution is -2.45. The van der Waals surface area contributed by atoms with E-state index in [9.17, 15) is 19.4 Å². The van der Waals surface area contributed by atoms with Crippen molar-refractivity contribution >= 4 is 13.7 Å². The highest BCUT2D eigenvalue weighted by Crippen LogP contribution is 2.38. The van der Waals surface area contributed by atoms with Gasteiger partial charge in [-0.1, -0.05) is 154 Å². The number of allylic oxidation sites excluding steroid dienone is 1. The van der Waals surface area contributed by atoms with Gasteiger partial charge in [-0.3, -0.25) is 9.36 Å². The summed E-state index contributed by atoms with van der Waals surface area (Å²) in [6, 6.07) is -0.876. The molecule has 0 aliphatic rings. The number of carbonyl (C=O) groups is 1. The summed E-state index contributed by atoms with van der Waals surface area (Å²) in [5.41, 5.74) is 0. The monoisotopic (exact) mass is 675 g/mol. The number of rotatable bonds is 34. The van der Waals surface area contributed by atoms with Crippen LogP contribution in [0.4, 0.5) is 0 Å². The maximum atomic E-state index is 12.6. The molecule has 0 saturated carbocycles. The van der Waals surface area contributed by atoms with Gasteiger partial charge in [0.2, 0.25) is 5.91 Å². The molecule has 0 saturated heterocycles. The highest BCUT2D eigenvalue weighted by Gasteiger charge is 2.23. The highest BCUT2D eigenvalue weighted by molar-refractivity contribution is 7.45. The van der Waals surface area contributed by atoms with E-state index in [1.165, 1.54) is 109 Å². The zero-order valence-electron chi connectivity index (χ0n) is 30.8. The van der Waals surface area contributed by atoms with E-state index in [2.05, 4.69) is 19.2 Å². The molecule has 46 heavy (non-hydrogen) atoms. The van der Waals surface area contributed by atoms with Crippen molar-refractivity contribution in [2.45, 2.75) is 180 Å². The normalized spacial score (nSPS) is 14.8. The maximum Gasteiger partial charge on any atom is 0.268 e. The van der Waals surface area contributed by atoms with Gasteiger partial charge in [-0.2, -0.15) is 0 Å². The zero-order chi connectivity index (χ0) is 34.4. The van der Waals surface area contributed by atoms with Crippen LogP contribution in [-0.2, 0) is 18.4 Å². The van der Waals surface area contributed by atoms with Crippen LogP contribution < -0.4 is 10.2 Å². The Hall–Kier alpha value is -0.760. The first-order valence-corrected chi connectivity index (χ1v) is 20.5. The summed E-state index contributed by atoms with van der Waals surface area (Å²) < 4.78 is 23.0. The Labute approximate surface area is 284 Å². The van der Waals surface area contributed by atoms with Crippen molar-refractivity contribution in [3.8, 4) is 0 Å². The van der Waals surface area contributed by atoms with Gasteiger partial charge in [0.15, 0.2) is 0 Å². The molecule has 0 aromatic rings. The molecule has 0 radical (unpaired) electrons. The second kappa shape index (κ2) is 30.3. The number of carbonyl (C=O) groups excluding carboxylic acids is 1. The quantitative estimate of drug-likeness (QED) is 0.0305. The van der Waals surface area contributed by atoms with Gasteiger partial charge < -0.3 is 28.8 Å². The van der Waals surface area contributed by atoms with Crippen LogP contribution in [0.2, 0.25) is 0 Å². The third kappa shape index (κ3) is 31.8. The van der Waals surface area contributed by atoms with Crippen LogP contribution in [0, 0.1) is 0 Å². The third-order valence-electron chi connectivity index (χ3n) is 8.50. The van der Waals surface area contributed by atoms with Gasteiger partial charge in [0, 0.05) is 6.42 Å². The number of quaternary nitrogens is 1. The molecule has 0 aromatic carbocycles. The average Bonchev–Trinajstić information content (AvgIpc) is 2.99. The SMILES string of the molecule is CCCCCCCCCCCCCCCCCC/C=C/C(O)C(COP(=O)([O-])OCC[N+](C)(C)C)NC(=O)CCCCCCCC. The molecule has 0 heterocycles. The number of hydrogen-bond donors (Lipinski definition) is 2. The molecule has 0 rings (SSSR count). The van der Waals surface area contributed by atoms with E-state index >= 15 is 0 Å². The van der Waals surface area contributed by atoms with Gasteiger partial charge in [0.1, 0.15) is 13.2 Å². The lowest BCUT2D eigenvalue weighted by molar-refractivity contribution is -0.870. The van der Waals surface area contributed by atoms with E-state index in [0.29, 0.717) is 17.4 Å². The number of likely N-dealkylation sites (N-methyl/N-ethyl adjacent to an activating group) is 1. The summed E-state index contributed by atoms with van der Waals surface area (Å²) in [6.45, 7) is 4.57. The van der Waals surface area contributed by atoms with Crippen LogP contribution in [0.3, 0.4) is 0 Å². The fraction of sp³-hybridized carbons (Fsp3) is 0.919. The highest BCUT2D eigenvalue weighted by atomic mass is 31.2. The minimum absolute atomic E-state index is 0.00109. The Bertz CT molecular complexity index is 773. The van der Waals surface area contributed by atoms with E-state index in [1.807, 2.05) is 27.2 Å². The number of unbranched alkanes of at least 4 members (excludes halogenated alkanes) is 21.